The van der Waals surface area contributed by atoms with Crippen LogP contribution in [-0.2, 0) is 16.8 Å². The molecule has 1 N–H and O–H groups in total. The topological polar surface area (TPSA) is 57.6 Å². The summed E-state index contributed by atoms with van der Waals surface area (Å²) >= 11 is 5.89. The standard InChI is InChI=1S/C25H22ClNO3/c26-20-14-12-19(13-15-20)23(28)17-25(30)21-10-4-5-11-22(21)27(24(25)29)16-6-9-18-7-2-1-3-8-18/h1-5,7-8,10-15,30H,6,9,16-17H2. The van der Waals surface area contributed by atoms with Crippen molar-refractivity contribution in [2.75, 3.05) is 11.4 Å². The lowest BCUT2D eigenvalue weighted by molar-refractivity contribution is -0.135. The maximum absolute atomic E-state index is 13.3. The number of nitrogens with zero attached hydrogens (tertiary/aromatic N) is 1. The Hall–Kier alpha value is -2.95. The summed E-state index contributed by atoms with van der Waals surface area (Å²) in [6.07, 6.45) is 1.28. The Morgan fingerprint density at radius 2 is 1.60 bits per heavy atom. The first-order valence-electron chi connectivity index (χ1n) is 9.95. The fourth-order valence-corrected chi connectivity index (χ4v) is 4.08. The van der Waals surface area contributed by atoms with Gasteiger partial charge in [-0.25, -0.2) is 0 Å². The summed E-state index contributed by atoms with van der Waals surface area (Å²) in [6, 6.07) is 23.7. The maximum Gasteiger partial charge on any atom is 0.264 e. The third-order valence-corrected chi connectivity index (χ3v) is 5.76. The molecule has 1 aliphatic heterocycles. The van der Waals surface area contributed by atoms with Gasteiger partial charge < -0.3 is 10.0 Å². The number of aryl methyl sites for hydroxylation is 1. The van der Waals surface area contributed by atoms with Crippen LogP contribution in [0.25, 0.3) is 0 Å². The lowest BCUT2D eigenvalue weighted by Gasteiger charge is -2.23. The molecule has 1 amide bonds. The predicted molar refractivity (Wildman–Crippen MR) is 118 cm³/mol. The van der Waals surface area contributed by atoms with Gasteiger partial charge in [-0.15, -0.1) is 0 Å². The number of amides is 1. The van der Waals surface area contributed by atoms with E-state index in [0.717, 1.165) is 12.8 Å². The van der Waals surface area contributed by atoms with Crippen LogP contribution in [-0.4, -0.2) is 23.3 Å². The molecule has 0 fully saturated rings. The predicted octanol–water partition coefficient (Wildman–Crippen LogP) is 4.78. The summed E-state index contributed by atoms with van der Waals surface area (Å²) in [6.45, 7) is 0.474. The van der Waals surface area contributed by atoms with E-state index < -0.39 is 11.5 Å². The number of para-hydroxylation sites is 1. The van der Waals surface area contributed by atoms with Gasteiger partial charge in [-0.05, 0) is 48.7 Å². The number of Topliss-reactive ketones (excluding diaryl/α,β-unsaturated/α-hetero) is 1. The van der Waals surface area contributed by atoms with Crippen molar-refractivity contribution in [2.45, 2.75) is 24.9 Å². The number of rotatable bonds is 7. The van der Waals surface area contributed by atoms with Crippen molar-refractivity contribution in [1.82, 2.24) is 0 Å². The Morgan fingerprint density at radius 1 is 0.933 bits per heavy atom. The number of carbonyl (C=O) groups is 2. The van der Waals surface area contributed by atoms with Crippen LogP contribution < -0.4 is 4.90 Å². The number of hydrogen-bond donors (Lipinski definition) is 1. The zero-order valence-corrected chi connectivity index (χ0v) is 17.2. The van der Waals surface area contributed by atoms with E-state index in [1.54, 1.807) is 41.3 Å². The molecular weight excluding hydrogens is 398 g/mol. The van der Waals surface area contributed by atoms with Crippen LogP contribution in [0.3, 0.4) is 0 Å². The van der Waals surface area contributed by atoms with Gasteiger partial charge in [0.05, 0.1) is 12.1 Å². The van der Waals surface area contributed by atoms with Crippen LogP contribution in [0.4, 0.5) is 5.69 Å². The van der Waals surface area contributed by atoms with Gasteiger partial charge in [-0.1, -0.05) is 60.1 Å². The molecule has 0 saturated heterocycles. The molecule has 0 spiro atoms. The molecule has 1 aliphatic rings. The van der Waals surface area contributed by atoms with Gasteiger partial charge >= 0.3 is 0 Å². The second-order valence-corrected chi connectivity index (χ2v) is 7.97. The third kappa shape index (κ3) is 3.89. The van der Waals surface area contributed by atoms with E-state index in [2.05, 4.69) is 12.1 Å². The van der Waals surface area contributed by atoms with Crippen LogP contribution in [0, 0.1) is 0 Å². The number of benzene rings is 3. The van der Waals surface area contributed by atoms with Crippen LogP contribution in [0.1, 0.15) is 34.3 Å². The smallest absolute Gasteiger partial charge is 0.264 e. The average Bonchev–Trinajstić information content (AvgIpc) is 2.97. The molecule has 152 valence electrons. The van der Waals surface area contributed by atoms with Crippen molar-refractivity contribution >= 4 is 29.0 Å². The lowest BCUT2D eigenvalue weighted by Crippen LogP contribution is -2.42. The number of hydrogen-bond acceptors (Lipinski definition) is 3. The fourth-order valence-electron chi connectivity index (χ4n) is 3.96. The molecule has 3 aromatic carbocycles. The van der Waals surface area contributed by atoms with E-state index in [1.807, 2.05) is 30.3 Å². The molecule has 5 heteroatoms. The molecule has 4 rings (SSSR count). The summed E-state index contributed by atoms with van der Waals surface area (Å²) in [5.74, 6) is -0.748. The van der Waals surface area contributed by atoms with Crippen LogP contribution in [0.2, 0.25) is 5.02 Å². The molecule has 1 heterocycles. The minimum Gasteiger partial charge on any atom is -0.375 e. The van der Waals surface area contributed by atoms with Crippen molar-refractivity contribution in [1.29, 1.82) is 0 Å². The van der Waals surface area contributed by atoms with Crippen LogP contribution in [0.5, 0.6) is 0 Å². The number of fused-ring (bicyclic) bond motifs is 1. The normalized spacial score (nSPS) is 17.8. The third-order valence-electron chi connectivity index (χ3n) is 5.51. The van der Waals surface area contributed by atoms with Crippen molar-refractivity contribution in [3.05, 3.63) is 101 Å². The van der Waals surface area contributed by atoms with E-state index in [4.69, 9.17) is 11.6 Å². The highest BCUT2D eigenvalue weighted by atomic mass is 35.5. The first-order chi connectivity index (χ1) is 14.5. The average molecular weight is 420 g/mol. The highest BCUT2D eigenvalue weighted by Crippen LogP contribution is 2.43. The first-order valence-corrected chi connectivity index (χ1v) is 10.3. The van der Waals surface area contributed by atoms with Gasteiger partial charge in [-0.3, -0.25) is 9.59 Å². The van der Waals surface area contributed by atoms with Gasteiger partial charge in [0.15, 0.2) is 11.4 Å². The van der Waals surface area contributed by atoms with E-state index in [0.29, 0.717) is 28.4 Å². The van der Waals surface area contributed by atoms with Crippen molar-refractivity contribution in [3.63, 3.8) is 0 Å². The number of anilines is 1. The Bertz CT molecular complexity index is 1070. The Kier molecular flexibility index (Phi) is 5.71. The van der Waals surface area contributed by atoms with E-state index >= 15 is 0 Å². The lowest BCUT2D eigenvalue weighted by atomic mass is 9.88. The minimum atomic E-state index is -1.86. The van der Waals surface area contributed by atoms with E-state index in [1.165, 1.54) is 5.56 Å². The molecule has 0 aromatic heterocycles. The largest absolute Gasteiger partial charge is 0.375 e. The van der Waals surface area contributed by atoms with Crippen LogP contribution >= 0.6 is 11.6 Å². The molecule has 30 heavy (non-hydrogen) atoms. The van der Waals surface area contributed by atoms with Crippen LogP contribution in [0.15, 0.2) is 78.9 Å². The molecule has 1 atom stereocenters. The van der Waals surface area contributed by atoms with Gasteiger partial charge in [0, 0.05) is 22.7 Å². The highest BCUT2D eigenvalue weighted by Gasteiger charge is 2.50. The fraction of sp³-hybridized carbons (Fsp3) is 0.200. The van der Waals surface area contributed by atoms with Gasteiger partial charge in [0.25, 0.3) is 5.91 Å². The molecule has 0 radical (unpaired) electrons. The number of halogens is 1. The van der Waals surface area contributed by atoms with Gasteiger partial charge in [-0.2, -0.15) is 0 Å². The quantitative estimate of drug-likeness (QED) is 0.560. The SMILES string of the molecule is O=C(CC1(O)C(=O)N(CCCc2ccccc2)c2ccccc21)c1ccc(Cl)cc1. The van der Waals surface area contributed by atoms with Crippen molar-refractivity contribution in [3.8, 4) is 0 Å². The molecule has 4 nitrogen and oxygen atoms in total. The molecule has 0 bridgehead atoms. The summed E-state index contributed by atoms with van der Waals surface area (Å²) < 4.78 is 0. The van der Waals surface area contributed by atoms with E-state index in [-0.39, 0.29) is 12.2 Å². The summed E-state index contributed by atoms with van der Waals surface area (Å²) in [5.41, 5.74) is 0.908. The molecule has 1 unspecified atom stereocenters. The zero-order chi connectivity index (χ0) is 21.1. The van der Waals surface area contributed by atoms with E-state index in [9.17, 15) is 14.7 Å². The number of ketones is 1. The Labute approximate surface area is 180 Å². The first kappa shape index (κ1) is 20.3. The summed E-state index contributed by atoms with van der Waals surface area (Å²) in [5, 5.41) is 11.9. The van der Waals surface area contributed by atoms with Gasteiger partial charge in [0.1, 0.15) is 0 Å². The molecule has 0 saturated carbocycles. The second-order valence-electron chi connectivity index (χ2n) is 7.53. The maximum atomic E-state index is 13.3. The monoisotopic (exact) mass is 419 g/mol. The highest BCUT2D eigenvalue weighted by molar-refractivity contribution is 6.30. The second kappa shape index (κ2) is 8.42. The Morgan fingerprint density at radius 3 is 2.33 bits per heavy atom. The number of carbonyl (C=O) groups excluding carboxylic acids is 2. The minimum absolute atomic E-state index is 0.302. The Balaban J connectivity index is 1.54. The van der Waals surface area contributed by atoms with Crippen molar-refractivity contribution < 1.29 is 14.7 Å². The van der Waals surface area contributed by atoms with Crippen molar-refractivity contribution in [2.24, 2.45) is 0 Å². The van der Waals surface area contributed by atoms with Gasteiger partial charge in [0.2, 0.25) is 0 Å². The summed E-state index contributed by atoms with van der Waals surface area (Å²) in [7, 11) is 0. The summed E-state index contributed by atoms with van der Waals surface area (Å²) in [4.78, 5) is 27.7. The molecule has 0 aliphatic carbocycles. The molecule has 3 aromatic rings. The number of aliphatic hydroxyl groups is 1. The zero-order valence-electron chi connectivity index (χ0n) is 16.4. The molecular formula is C25H22ClNO3.